The third kappa shape index (κ3) is 2.91. The third-order valence-electron chi connectivity index (χ3n) is 2.68. The fraction of sp³-hybridized carbons (Fsp3) is 0.0714. The van der Waals surface area contributed by atoms with Crippen LogP contribution >= 0.6 is 0 Å². The van der Waals surface area contributed by atoms with Crippen LogP contribution in [-0.4, -0.2) is 18.9 Å². The summed E-state index contributed by atoms with van der Waals surface area (Å²) in [5, 5.41) is 8.92. The van der Waals surface area contributed by atoms with Gasteiger partial charge in [0.1, 0.15) is 20.2 Å². The predicted octanol–water partition coefficient (Wildman–Crippen LogP) is 1.22. The lowest BCUT2D eigenvalue weighted by atomic mass is 9.90. The van der Waals surface area contributed by atoms with Gasteiger partial charge in [-0.2, -0.15) is 0 Å². The number of ether oxygens (including phenoxy) is 1. The van der Waals surface area contributed by atoms with E-state index in [9.17, 15) is 4.79 Å². The Hall–Kier alpha value is -2.23. The fourth-order valence-electron chi connectivity index (χ4n) is 1.71. The highest BCUT2D eigenvalue weighted by molar-refractivity contribution is 6.36. The molecule has 0 fully saturated rings. The molecule has 0 aliphatic carbocycles. The molecule has 3 nitrogen and oxygen atoms in total. The molecule has 0 saturated carbocycles. The van der Waals surface area contributed by atoms with Gasteiger partial charge < -0.3 is 9.84 Å². The van der Waals surface area contributed by atoms with Crippen molar-refractivity contribution in [1.29, 1.82) is 0 Å². The Morgan fingerprint density at radius 3 is 2.50 bits per heavy atom. The zero-order chi connectivity index (χ0) is 13.0. The molecule has 0 aliphatic rings. The smallest absolute Gasteiger partial charge is 0.335 e. The second kappa shape index (κ2) is 5.40. The van der Waals surface area contributed by atoms with Crippen molar-refractivity contribution >= 4 is 19.3 Å². The molecule has 0 amide bonds. The Kier molecular flexibility index (Phi) is 3.67. The molecule has 0 saturated heterocycles. The van der Waals surface area contributed by atoms with E-state index in [1.165, 1.54) is 0 Å². The highest BCUT2D eigenvalue weighted by Crippen LogP contribution is 2.12. The molecule has 0 aliphatic heterocycles. The minimum absolute atomic E-state index is 0.307. The van der Waals surface area contributed by atoms with Crippen LogP contribution in [0.4, 0.5) is 0 Å². The lowest BCUT2D eigenvalue weighted by Crippen LogP contribution is -2.15. The summed E-state index contributed by atoms with van der Waals surface area (Å²) in [6, 6.07) is 14.8. The maximum atomic E-state index is 10.9. The number of rotatable bonds is 4. The molecule has 2 rings (SSSR count). The van der Waals surface area contributed by atoms with Crippen molar-refractivity contribution in [3.8, 4) is 5.75 Å². The van der Waals surface area contributed by atoms with E-state index in [2.05, 4.69) is 0 Å². The van der Waals surface area contributed by atoms with E-state index in [-0.39, 0.29) is 0 Å². The van der Waals surface area contributed by atoms with Crippen molar-refractivity contribution in [2.45, 2.75) is 6.61 Å². The Balaban J connectivity index is 2.07. The predicted molar refractivity (Wildman–Crippen MR) is 72.4 cm³/mol. The van der Waals surface area contributed by atoms with Gasteiger partial charge in [0, 0.05) is 0 Å². The van der Waals surface area contributed by atoms with Crippen molar-refractivity contribution in [2.75, 3.05) is 0 Å². The van der Waals surface area contributed by atoms with Gasteiger partial charge in [0.15, 0.2) is 0 Å². The van der Waals surface area contributed by atoms with Gasteiger partial charge in [-0.15, -0.1) is 0 Å². The SMILES string of the molecule is Bc1cc(OCc2ccccc2)ccc1C(=O)O. The van der Waals surface area contributed by atoms with Gasteiger partial charge in [-0.05, 0) is 23.8 Å². The van der Waals surface area contributed by atoms with Crippen molar-refractivity contribution < 1.29 is 14.6 Å². The van der Waals surface area contributed by atoms with Crippen LogP contribution in [0.1, 0.15) is 15.9 Å². The summed E-state index contributed by atoms with van der Waals surface area (Å²) in [5.74, 6) is -0.233. The van der Waals surface area contributed by atoms with E-state index in [0.717, 1.165) is 5.56 Å². The Morgan fingerprint density at radius 2 is 1.89 bits per heavy atom. The first kappa shape index (κ1) is 12.2. The summed E-state index contributed by atoms with van der Waals surface area (Å²) >= 11 is 0. The fourth-order valence-corrected chi connectivity index (χ4v) is 1.71. The van der Waals surface area contributed by atoms with Gasteiger partial charge in [-0.1, -0.05) is 35.8 Å². The van der Waals surface area contributed by atoms with Gasteiger partial charge >= 0.3 is 5.97 Å². The number of carboxylic acid groups (broad SMARTS) is 1. The molecule has 0 aromatic heterocycles. The summed E-state index contributed by atoms with van der Waals surface area (Å²) in [6.07, 6.45) is 0. The van der Waals surface area contributed by atoms with Crippen LogP contribution in [0.5, 0.6) is 5.75 Å². The van der Waals surface area contributed by atoms with Gasteiger partial charge in [-0.3, -0.25) is 0 Å². The van der Waals surface area contributed by atoms with Crippen molar-refractivity contribution in [1.82, 2.24) is 0 Å². The molecule has 1 N–H and O–H groups in total. The lowest BCUT2D eigenvalue weighted by molar-refractivity contribution is 0.0698. The van der Waals surface area contributed by atoms with E-state index in [1.54, 1.807) is 26.0 Å². The highest BCUT2D eigenvalue weighted by atomic mass is 16.5. The highest BCUT2D eigenvalue weighted by Gasteiger charge is 2.07. The summed E-state index contributed by atoms with van der Waals surface area (Å²) in [6.45, 7) is 0.479. The Bertz CT molecular complexity index is 552. The molecule has 0 atom stereocenters. The van der Waals surface area contributed by atoms with Crippen LogP contribution in [0, 0.1) is 0 Å². The van der Waals surface area contributed by atoms with E-state index in [0.29, 0.717) is 23.4 Å². The number of carbonyl (C=O) groups is 1. The maximum Gasteiger partial charge on any atom is 0.335 e. The second-order valence-corrected chi connectivity index (χ2v) is 4.06. The van der Waals surface area contributed by atoms with Gasteiger partial charge in [0.2, 0.25) is 0 Å². The quantitative estimate of drug-likeness (QED) is 0.817. The number of hydrogen-bond donors (Lipinski definition) is 1. The van der Waals surface area contributed by atoms with E-state index in [1.807, 2.05) is 30.3 Å². The number of aromatic carboxylic acids is 1. The van der Waals surface area contributed by atoms with Gasteiger partial charge in [0.25, 0.3) is 0 Å². The van der Waals surface area contributed by atoms with Gasteiger partial charge in [-0.25, -0.2) is 4.79 Å². The topological polar surface area (TPSA) is 46.5 Å². The molecule has 0 heterocycles. The first-order valence-electron chi connectivity index (χ1n) is 5.67. The number of benzene rings is 2. The lowest BCUT2D eigenvalue weighted by Gasteiger charge is -2.08. The van der Waals surface area contributed by atoms with Crippen molar-refractivity contribution in [2.24, 2.45) is 0 Å². The average molecular weight is 240 g/mol. The Morgan fingerprint density at radius 1 is 1.17 bits per heavy atom. The molecule has 0 bridgehead atoms. The normalized spacial score (nSPS) is 10.0. The van der Waals surface area contributed by atoms with E-state index < -0.39 is 5.97 Å². The monoisotopic (exact) mass is 240 g/mol. The van der Waals surface area contributed by atoms with Crippen LogP contribution in [0.15, 0.2) is 48.5 Å². The molecular weight excluding hydrogens is 227 g/mol. The third-order valence-corrected chi connectivity index (χ3v) is 2.68. The minimum atomic E-state index is -0.915. The summed E-state index contributed by atoms with van der Waals surface area (Å²) in [4.78, 5) is 10.9. The molecule has 2 aromatic carbocycles. The van der Waals surface area contributed by atoms with E-state index in [4.69, 9.17) is 9.84 Å². The molecule has 0 radical (unpaired) electrons. The first-order valence-corrected chi connectivity index (χ1v) is 5.67. The van der Waals surface area contributed by atoms with Crippen LogP contribution in [0.25, 0.3) is 0 Å². The van der Waals surface area contributed by atoms with Crippen LogP contribution in [0.3, 0.4) is 0 Å². The Labute approximate surface area is 106 Å². The molecule has 0 unspecified atom stereocenters. The van der Waals surface area contributed by atoms with E-state index >= 15 is 0 Å². The summed E-state index contributed by atoms with van der Waals surface area (Å²) in [7, 11) is 1.76. The molecular formula is C14H13BO3. The van der Waals surface area contributed by atoms with Crippen LogP contribution < -0.4 is 10.2 Å². The standard InChI is InChI=1S/C14H13BO3/c15-13-8-11(6-7-12(13)14(16)17)18-9-10-4-2-1-3-5-10/h1-8H,9,15H2,(H,16,17). The van der Waals surface area contributed by atoms with Crippen molar-refractivity contribution in [3.05, 3.63) is 59.7 Å². The molecule has 0 spiro atoms. The van der Waals surface area contributed by atoms with Crippen molar-refractivity contribution in [3.63, 3.8) is 0 Å². The maximum absolute atomic E-state index is 10.9. The molecule has 4 heteroatoms. The minimum Gasteiger partial charge on any atom is -0.489 e. The zero-order valence-electron chi connectivity index (χ0n) is 10.1. The first-order chi connectivity index (χ1) is 8.66. The summed E-state index contributed by atoms with van der Waals surface area (Å²) < 4.78 is 5.61. The molecule has 18 heavy (non-hydrogen) atoms. The molecule has 2 aromatic rings. The van der Waals surface area contributed by atoms with Crippen LogP contribution in [-0.2, 0) is 6.61 Å². The van der Waals surface area contributed by atoms with Crippen LogP contribution in [0.2, 0.25) is 0 Å². The summed E-state index contributed by atoms with van der Waals surface area (Å²) in [5.41, 5.74) is 2.09. The largest absolute Gasteiger partial charge is 0.489 e. The number of carboxylic acids is 1. The van der Waals surface area contributed by atoms with Gasteiger partial charge in [0.05, 0.1) is 5.56 Å². The second-order valence-electron chi connectivity index (χ2n) is 4.06. The zero-order valence-corrected chi connectivity index (χ0v) is 10.1. The average Bonchev–Trinajstić information content (AvgIpc) is 2.37. The number of hydrogen-bond acceptors (Lipinski definition) is 2. The molecule has 90 valence electrons.